The Balaban J connectivity index is 1.56. The van der Waals surface area contributed by atoms with Crippen LogP contribution in [0.1, 0.15) is 30.4 Å². The maximum absolute atomic E-state index is 15.2. The van der Waals surface area contributed by atoms with Crippen molar-refractivity contribution in [3.05, 3.63) is 53.2 Å². The number of nitrogens with zero attached hydrogens (tertiary/aromatic N) is 3. The van der Waals surface area contributed by atoms with Gasteiger partial charge in [0.25, 0.3) is 5.88 Å². The van der Waals surface area contributed by atoms with Gasteiger partial charge in [-0.2, -0.15) is 0 Å². The van der Waals surface area contributed by atoms with E-state index in [4.69, 9.17) is 15.2 Å². The molecule has 0 bridgehead atoms. The summed E-state index contributed by atoms with van der Waals surface area (Å²) in [6, 6.07) is 5.32. The van der Waals surface area contributed by atoms with Crippen LogP contribution in [-0.4, -0.2) is 41.5 Å². The van der Waals surface area contributed by atoms with Gasteiger partial charge < -0.3 is 15.2 Å². The summed E-state index contributed by atoms with van der Waals surface area (Å²) in [6.45, 7) is 1.74. The van der Waals surface area contributed by atoms with Crippen LogP contribution in [0, 0.1) is 30.4 Å². The number of hydrogen-bond donors (Lipinski definition) is 1. The van der Waals surface area contributed by atoms with E-state index in [9.17, 15) is 9.18 Å². The first-order valence-corrected chi connectivity index (χ1v) is 10.6. The van der Waals surface area contributed by atoms with Gasteiger partial charge in [-0.05, 0) is 61.9 Å². The standard InChI is InChI=1S/C23H24F2N4O3/c1-12-7-18(25)20(27-10-12)32-14-5-6-17(24)15(8-14)23-11-31-19(13-3-4-13)9-16(23)21(30)29(2)22(26)28-23/h5-8,10,13,16,19H,3-4,9,11H2,1-2H3,(H2,26,28)/t16-,19+,23+/m0/s1. The van der Waals surface area contributed by atoms with E-state index in [0.717, 1.165) is 12.8 Å². The highest BCUT2D eigenvalue weighted by Crippen LogP contribution is 2.50. The first-order chi connectivity index (χ1) is 15.3. The van der Waals surface area contributed by atoms with Gasteiger partial charge in [0.05, 0.1) is 18.6 Å². The number of ether oxygens (including phenoxy) is 2. The molecule has 2 N–H and O–H groups in total. The molecule has 9 heteroatoms. The monoisotopic (exact) mass is 442 g/mol. The van der Waals surface area contributed by atoms with Crippen molar-refractivity contribution in [2.75, 3.05) is 13.7 Å². The molecular formula is C23H24F2N4O3. The van der Waals surface area contributed by atoms with Crippen LogP contribution in [0.3, 0.4) is 0 Å². The van der Waals surface area contributed by atoms with Crippen LogP contribution in [0.5, 0.6) is 11.6 Å². The largest absolute Gasteiger partial charge is 0.436 e. The number of carbonyl (C=O) groups is 1. The number of rotatable bonds is 4. The van der Waals surface area contributed by atoms with Gasteiger partial charge in [0.1, 0.15) is 17.1 Å². The number of amides is 1. The predicted octanol–water partition coefficient (Wildman–Crippen LogP) is 3.26. The summed E-state index contributed by atoms with van der Waals surface area (Å²) in [5.74, 6) is -1.67. The molecule has 2 aromatic rings. The number of carbonyl (C=O) groups excluding carboxylic acids is 1. The zero-order valence-corrected chi connectivity index (χ0v) is 17.8. The fourth-order valence-corrected chi connectivity index (χ4v) is 4.60. The lowest BCUT2D eigenvalue weighted by atomic mass is 9.72. The van der Waals surface area contributed by atoms with Crippen LogP contribution in [0.2, 0.25) is 0 Å². The molecule has 7 nitrogen and oxygen atoms in total. The molecular weight excluding hydrogens is 418 g/mol. The molecule has 0 radical (unpaired) electrons. The summed E-state index contributed by atoms with van der Waals surface area (Å²) >= 11 is 0. The van der Waals surface area contributed by atoms with Crippen LogP contribution >= 0.6 is 0 Å². The maximum Gasteiger partial charge on any atom is 0.255 e. The average molecular weight is 442 g/mol. The number of pyridine rings is 1. The van der Waals surface area contributed by atoms with Crippen LogP contribution < -0.4 is 10.5 Å². The molecule has 3 aliphatic rings. The second-order valence-corrected chi connectivity index (χ2v) is 8.81. The van der Waals surface area contributed by atoms with Gasteiger partial charge in [-0.25, -0.2) is 18.8 Å². The summed E-state index contributed by atoms with van der Waals surface area (Å²) in [6.07, 6.45) is 3.97. The van der Waals surface area contributed by atoms with E-state index in [1.54, 1.807) is 14.0 Å². The second kappa shape index (κ2) is 7.51. The Morgan fingerprint density at radius 3 is 2.75 bits per heavy atom. The number of fused-ring (bicyclic) bond motifs is 1. The fourth-order valence-electron chi connectivity index (χ4n) is 4.60. The highest BCUT2D eigenvalue weighted by molar-refractivity contribution is 6.00. The molecule has 5 rings (SSSR count). The molecule has 1 saturated heterocycles. The molecule has 1 aromatic heterocycles. The number of aromatic nitrogens is 1. The van der Waals surface area contributed by atoms with Crippen LogP contribution in [0.15, 0.2) is 35.5 Å². The molecule has 3 heterocycles. The third-order valence-electron chi connectivity index (χ3n) is 6.56. The van der Waals surface area contributed by atoms with Crippen LogP contribution in [-0.2, 0) is 15.1 Å². The topological polar surface area (TPSA) is 90.0 Å². The van der Waals surface area contributed by atoms with Crippen molar-refractivity contribution in [1.82, 2.24) is 9.88 Å². The molecule has 2 fully saturated rings. The van der Waals surface area contributed by atoms with Gasteiger partial charge in [-0.15, -0.1) is 0 Å². The molecule has 0 spiro atoms. The van der Waals surface area contributed by atoms with Crippen molar-refractivity contribution in [2.45, 2.75) is 37.8 Å². The Kier molecular flexibility index (Phi) is 4.88. The molecule has 1 aromatic carbocycles. The second-order valence-electron chi connectivity index (χ2n) is 8.81. The zero-order chi connectivity index (χ0) is 22.6. The minimum atomic E-state index is -1.32. The molecule has 1 amide bonds. The Hall–Kier alpha value is -3.07. The zero-order valence-electron chi connectivity index (χ0n) is 17.8. The van der Waals surface area contributed by atoms with E-state index in [0.29, 0.717) is 17.9 Å². The van der Waals surface area contributed by atoms with Gasteiger partial charge in [0.2, 0.25) is 5.91 Å². The molecule has 1 aliphatic carbocycles. The lowest BCUT2D eigenvalue weighted by Crippen LogP contribution is -2.60. The number of benzene rings is 1. The quantitative estimate of drug-likeness (QED) is 0.785. The van der Waals surface area contributed by atoms with Gasteiger partial charge in [-0.3, -0.25) is 9.69 Å². The van der Waals surface area contributed by atoms with Gasteiger partial charge >= 0.3 is 0 Å². The van der Waals surface area contributed by atoms with Crippen molar-refractivity contribution in [2.24, 2.45) is 22.6 Å². The third kappa shape index (κ3) is 3.40. The molecule has 0 unspecified atom stereocenters. The van der Waals surface area contributed by atoms with E-state index in [1.807, 2.05) is 0 Å². The minimum absolute atomic E-state index is 0.00307. The van der Waals surface area contributed by atoms with Crippen molar-refractivity contribution < 1.29 is 23.0 Å². The number of nitrogens with two attached hydrogens (primary N) is 1. The summed E-state index contributed by atoms with van der Waals surface area (Å²) in [4.78, 5) is 23.0. The Morgan fingerprint density at radius 1 is 1.25 bits per heavy atom. The molecule has 1 saturated carbocycles. The van der Waals surface area contributed by atoms with Crippen molar-refractivity contribution in [3.63, 3.8) is 0 Å². The minimum Gasteiger partial charge on any atom is -0.436 e. The van der Waals surface area contributed by atoms with Crippen molar-refractivity contribution >= 4 is 11.9 Å². The lowest BCUT2D eigenvalue weighted by molar-refractivity contribution is -0.146. The molecule has 3 atom stereocenters. The normalized spacial score (nSPS) is 27.7. The Labute approximate surface area is 184 Å². The smallest absolute Gasteiger partial charge is 0.255 e. The Morgan fingerprint density at radius 2 is 2.03 bits per heavy atom. The highest BCUT2D eigenvalue weighted by atomic mass is 19.1. The number of aryl methyl sites for hydroxylation is 1. The SMILES string of the molecule is Cc1cnc(Oc2ccc(F)c([C@]34CO[C@@H](C5CC5)C[C@H]3C(=O)N(C)C(N)=N4)c2)c(F)c1. The Bertz CT molecular complexity index is 1120. The number of halogens is 2. The van der Waals surface area contributed by atoms with Gasteiger partial charge in [0.15, 0.2) is 11.8 Å². The fraction of sp³-hybridized carbons (Fsp3) is 0.435. The molecule has 168 valence electrons. The molecule has 32 heavy (non-hydrogen) atoms. The van der Waals surface area contributed by atoms with Crippen molar-refractivity contribution in [1.29, 1.82) is 0 Å². The van der Waals surface area contributed by atoms with E-state index < -0.39 is 23.1 Å². The van der Waals surface area contributed by atoms with E-state index in [2.05, 4.69) is 9.98 Å². The maximum atomic E-state index is 15.2. The first-order valence-electron chi connectivity index (χ1n) is 10.6. The van der Waals surface area contributed by atoms with Gasteiger partial charge in [0, 0.05) is 18.8 Å². The summed E-state index contributed by atoms with van der Waals surface area (Å²) in [7, 11) is 1.56. The average Bonchev–Trinajstić information content (AvgIpc) is 3.60. The number of hydrogen-bond acceptors (Lipinski definition) is 6. The van der Waals surface area contributed by atoms with Gasteiger partial charge in [-0.1, -0.05) is 0 Å². The summed E-state index contributed by atoms with van der Waals surface area (Å²) < 4.78 is 41.1. The third-order valence-corrected chi connectivity index (χ3v) is 6.56. The highest BCUT2D eigenvalue weighted by Gasteiger charge is 2.56. The van der Waals surface area contributed by atoms with Crippen molar-refractivity contribution in [3.8, 4) is 11.6 Å². The van der Waals surface area contributed by atoms with E-state index >= 15 is 4.39 Å². The lowest BCUT2D eigenvalue weighted by Gasteiger charge is -2.47. The van der Waals surface area contributed by atoms with Crippen LogP contribution in [0.4, 0.5) is 8.78 Å². The molecule has 2 aliphatic heterocycles. The summed E-state index contributed by atoms with van der Waals surface area (Å²) in [5, 5.41) is 0. The van der Waals surface area contributed by atoms with Crippen LogP contribution in [0.25, 0.3) is 0 Å². The van der Waals surface area contributed by atoms with E-state index in [-0.39, 0.29) is 41.8 Å². The predicted molar refractivity (Wildman–Crippen MR) is 112 cm³/mol. The number of guanidine groups is 1. The summed E-state index contributed by atoms with van der Waals surface area (Å²) in [5.41, 5.74) is 5.50. The number of aliphatic imine (C=N–C) groups is 1. The first kappa shape index (κ1) is 20.8. The van der Waals surface area contributed by atoms with E-state index in [1.165, 1.54) is 35.4 Å².